The Morgan fingerprint density at radius 3 is 2.31 bits per heavy atom. The molecule has 0 spiro atoms. The molecule has 4 nitrogen and oxygen atoms in total. The first-order valence-electron chi connectivity index (χ1n) is 3.36. The predicted molar refractivity (Wildman–Crippen MR) is 47.5 cm³/mol. The highest BCUT2D eigenvalue weighted by atomic mass is 35.5. The summed E-state index contributed by atoms with van der Waals surface area (Å²) in [6.45, 7) is 0. The van der Waals surface area contributed by atoms with Gasteiger partial charge in [0.1, 0.15) is 0 Å². The van der Waals surface area contributed by atoms with Crippen LogP contribution in [-0.2, 0) is 0 Å². The number of nitrogens with zero attached hydrogens (tertiary/aromatic N) is 3. The van der Waals surface area contributed by atoms with Crippen LogP contribution in [0.3, 0.4) is 0 Å². The van der Waals surface area contributed by atoms with E-state index >= 15 is 0 Å². The summed E-state index contributed by atoms with van der Waals surface area (Å²) in [5.74, 6) is 0.834. The van der Waals surface area contributed by atoms with Gasteiger partial charge in [0.15, 0.2) is 5.76 Å². The van der Waals surface area contributed by atoms with E-state index in [1.54, 1.807) is 12.1 Å². The van der Waals surface area contributed by atoms with E-state index in [1.807, 2.05) is 0 Å². The monoisotopic (exact) mass is 215 g/mol. The minimum Gasteiger partial charge on any atom is -0.461 e. The van der Waals surface area contributed by atoms with Gasteiger partial charge in [-0.2, -0.15) is 15.0 Å². The van der Waals surface area contributed by atoms with Crippen LogP contribution < -0.4 is 0 Å². The molecule has 0 unspecified atom stereocenters. The first kappa shape index (κ1) is 8.47. The van der Waals surface area contributed by atoms with E-state index in [0.717, 1.165) is 0 Å². The fourth-order valence-corrected chi connectivity index (χ4v) is 1.21. The second-order valence-electron chi connectivity index (χ2n) is 2.17. The standard InChI is InChI=1S/C7H3Cl2N3O/c8-6-10-5(11-7(9)12-6)4-2-1-3-13-4/h1-3H. The average Bonchev–Trinajstić information content (AvgIpc) is 2.53. The van der Waals surface area contributed by atoms with Crippen molar-refractivity contribution in [2.24, 2.45) is 0 Å². The van der Waals surface area contributed by atoms with Crippen molar-refractivity contribution in [2.75, 3.05) is 0 Å². The van der Waals surface area contributed by atoms with Gasteiger partial charge in [-0.15, -0.1) is 0 Å². The molecule has 0 saturated heterocycles. The summed E-state index contributed by atoms with van der Waals surface area (Å²) in [4.78, 5) is 11.3. The molecule has 0 aliphatic rings. The molecule has 0 bridgehead atoms. The molecule has 0 aromatic carbocycles. The zero-order valence-corrected chi connectivity index (χ0v) is 7.75. The third-order valence-electron chi connectivity index (χ3n) is 1.32. The Morgan fingerprint density at radius 2 is 1.77 bits per heavy atom. The lowest BCUT2D eigenvalue weighted by molar-refractivity contribution is 0.576. The molecule has 0 N–H and O–H groups in total. The number of halogens is 2. The second kappa shape index (κ2) is 3.32. The molecule has 2 heterocycles. The zero-order chi connectivity index (χ0) is 9.26. The fourth-order valence-electron chi connectivity index (χ4n) is 0.842. The van der Waals surface area contributed by atoms with Gasteiger partial charge in [-0.05, 0) is 35.3 Å². The van der Waals surface area contributed by atoms with E-state index in [2.05, 4.69) is 15.0 Å². The lowest BCUT2D eigenvalue weighted by atomic mass is 10.4. The SMILES string of the molecule is Clc1nc(Cl)nc(-c2ccco2)n1. The van der Waals surface area contributed by atoms with Crippen LogP contribution in [0.4, 0.5) is 0 Å². The zero-order valence-electron chi connectivity index (χ0n) is 6.24. The van der Waals surface area contributed by atoms with Crippen LogP contribution in [0.25, 0.3) is 11.6 Å². The van der Waals surface area contributed by atoms with E-state index in [-0.39, 0.29) is 10.6 Å². The number of hydrogen-bond donors (Lipinski definition) is 0. The second-order valence-corrected chi connectivity index (χ2v) is 2.85. The molecule has 2 rings (SSSR count). The average molecular weight is 216 g/mol. The van der Waals surface area contributed by atoms with Gasteiger partial charge in [-0.1, -0.05) is 0 Å². The van der Waals surface area contributed by atoms with Crippen molar-refractivity contribution in [3.05, 3.63) is 29.0 Å². The summed E-state index contributed by atoms with van der Waals surface area (Å²) in [5.41, 5.74) is 0. The lowest BCUT2D eigenvalue weighted by Gasteiger charge is -1.95. The molecule has 0 atom stereocenters. The van der Waals surface area contributed by atoms with Gasteiger partial charge >= 0.3 is 0 Å². The highest BCUT2D eigenvalue weighted by Gasteiger charge is 2.07. The van der Waals surface area contributed by atoms with Crippen molar-refractivity contribution in [1.29, 1.82) is 0 Å². The molecular formula is C7H3Cl2N3O. The predicted octanol–water partition coefficient (Wildman–Crippen LogP) is 2.44. The topological polar surface area (TPSA) is 51.8 Å². The Kier molecular flexibility index (Phi) is 2.16. The van der Waals surface area contributed by atoms with Crippen LogP contribution >= 0.6 is 23.2 Å². The number of furan rings is 1. The first-order valence-corrected chi connectivity index (χ1v) is 4.12. The van der Waals surface area contributed by atoms with E-state index < -0.39 is 0 Å². The molecule has 66 valence electrons. The van der Waals surface area contributed by atoms with Crippen molar-refractivity contribution in [2.45, 2.75) is 0 Å². The Balaban J connectivity index is 2.53. The number of rotatable bonds is 1. The number of hydrogen-bond acceptors (Lipinski definition) is 4. The smallest absolute Gasteiger partial charge is 0.227 e. The highest BCUT2D eigenvalue weighted by molar-refractivity contribution is 6.31. The normalized spacial score (nSPS) is 10.3. The Labute approximate surface area is 83.5 Å². The Morgan fingerprint density at radius 1 is 1.08 bits per heavy atom. The van der Waals surface area contributed by atoms with Crippen LogP contribution in [0.2, 0.25) is 10.6 Å². The van der Waals surface area contributed by atoms with Gasteiger partial charge in [-0.3, -0.25) is 0 Å². The Hall–Kier alpha value is -1.13. The summed E-state index contributed by atoms with van der Waals surface area (Å²) in [6, 6.07) is 3.43. The molecule has 0 amide bonds. The van der Waals surface area contributed by atoms with Crippen molar-refractivity contribution in [3.63, 3.8) is 0 Å². The van der Waals surface area contributed by atoms with Gasteiger partial charge in [-0.25, -0.2) is 0 Å². The maximum atomic E-state index is 5.58. The molecule has 0 aliphatic carbocycles. The van der Waals surface area contributed by atoms with Gasteiger partial charge in [0, 0.05) is 0 Å². The van der Waals surface area contributed by atoms with Crippen LogP contribution in [-0.4, -0.2) is 15.0 Å². The van der Waals surface area contributed by atoms with Gasteiger partial charge in [0.2, 0.25) is 16.4 Å². The molecule has 0 aliphatic heterocycles. The molecular weight excluding hydrogens is 213 g/mol. The number of aromatic nitrogens is 3. The van der Waals surface area contributed by atoms with Crippen LogP contribution in [0, 0.1) is 0 Å². The summed E-state index contributed by atoms with van der Waals surface area (Å²) in [5, 5.41) is 0.0952. The van der Waals surface area contributed by atoms with E-state index in [1.165, 1.54) is 6.26 Å². The summed E-state index contributed by atoms with van der Waals surface area (Å²) >= 11 is 11.2. The van der Waals surface area contributed by atoms with Gasteiger partial charge in [0.25, 0.3) is 0 Å². The van der Waals surface area contributed by atoms with Crippen molar-refractivity contribution in [3.8, 4) is 11.6 Å². The van der Waals surface area contributed by atoms with Crippen LogP contribution in [0.15, 0.2) is 22.8 Å². The van der Waals surface area contributed by atoms with Gasteiger partial charge in [0.05, 0.1) is 6.26 Å². The maximum absolute atomic E-state index is 5.58. The molecule has 0 fully saturated rings. The van der Waals surface area contributed by atoms with Crippen LogP contribution in [0.1, 0.15) is 0 Å². The molecule has 2 aromatic rings. The third kappa shape index (κ3) is 1.79. The molecule has 0 radical (unpaired) electrons. The third-order valence-corrected chi connectivity index (χ3v) is 1.66. The minimum absolute atomic E-state index is 0.0476. The molecule has 0 saturated carbocycles. The molecule has 6 heteroatoms. The first-order chi connectivity index (χ1) is 6.25. The largest absolute Gasteiger partial charge is 0.461 e. The highest BCUT2D eigenvalue weighted by Crippen LogP contribution is 2.17. The van der Waals surface area contributed by atoms with Crippen LogP contribution in [0.5, 0.6) is 0 Å². The summed E-state index contributed by atoms with van der Waals surface area (Å²) in [6.07, 6.45) is 1.51. The minimum atomic E-state index is 0.0476. The Bertz CT molecular complexity index is 395. The van der Waals surface area contributed by atoms with Crippen molar-refractivity contribution in [1.82, 2.24) is 15.0 Å². The van der Waals surface area contributed by atoms with Gasteiger partial charge < -0.3 is 4.42 Å². The quantitative estimate of drug-likeness (QED) is 0.734. The fraction of sp³-hybridized carbons (Fsp3) is 0. The van der Waals surface area contributed by atoms with Crippen molar-refractivity contribution >= 4 is 23.2 Å². The summed E-state index contributed by atoms with van der Waals surface area (Å²) < 4.78 is 5.06. The van der Waals surface area contributed by atoms with E-state index in [0.29, 0.717) is 11.6 Å². The molecule has 2 aromatic heterocycles. The maximum Gasteiger partial charge on any atom is 0.227 e. The van der Waals surface area contributed by atoms with Crippen molar-refractivity contribution < 1.29 is 4.42 Å². The lowest BCUT2D eigenvalue weighted by Crippen LogP contribution is -1.92. The van der Waals surface area contributed by atoms with E-state index in [4.69, 9.17) is 27.6 Å². The molecule has 13 heavy (non-hydrogen) atoms. The van der Waals surface area contributed by atoms with E-state index in [9.17, 15) is 0 Å². The summed E-state index contributed by atoms with van der Waals surface area (Å²) in [7, 11) is 0.